The van der Waals surface area contributed by atoms with Crippen LogP contribution in [0.2, 0.25) is 0 Å². The molecule has 8 nitrogen and oxygen atoms in total. The van der Waals surface area contributed by atoms with Crippen molar-refractivity contribution in [3.63, 3.8) is 0 Å². The van der Waals surface area contributed by atoms with Gasteiger partial charge in [-0.15, -0.1) is 0 Å². The summed E-state index contributed by atoms with van der Waals surface area (Å²) in [7, 11) is -3.12. The molecule has 0 saturated carbocycles. The second-order valence-corrected chi connectivity index (χ2v) is 10.5. The molecule has 1 atom stereocenters. The van der Waals surface area contributed by atoms with Crippen molar-refractivity contribution in [3.8, 4) is 0 Å². The van der Waals surface area contributed by atoms with Crippen molar-refractivity contribution < 1.29 is 27.5 Å². The van der Waals surface area contributed by atoms with Crippen molar-refractivity contribution in [1.82, 2.24) is 9.80 Å². The summed E-state index contributed by atoms with van der Waals surface area (Å²) < 4.78 is 29.1. The molecule has 31 heavy (non-hydrogen) atoms. The zero-order chi connectivity index (χ0) is 22.6. The number of esters is 1. The summed E-state index contributed by atoms with van der Waals surface area (Å²) in [6.45, 7) is 4.10. The van der Waals surface area contributed by atoms with Crippen LogP contribution in [0.25, 0.3) is 0 Å². The van der Waals surface area contributed by atoms with E-state index in [0.29, 0.717) is 38.9 Å². The van der Waals surface area contributed by atoms with Crippen molar-refractivity contribution in [2.24, 2.45) is 0 Å². The maximum Gasteiger partial charge on any atom is 0.317 e. The first kappa shape index (κ1) is 23.2. The first-order chi connectivity index (χ1) is 14.7. The maximum atomic E-state index is 13.2. The predicted octanol–water partition coefficient (Wildman–Crippen LogP) is 1.15. The molecule has 0 aromatic heterocycles. The molecule has 2 fully saturated rings. The molecule has 2 aliphatic rings. The maximum absolute atomic E-state index is 13.2. The highest BCUT2D eigenvalue weighted by molar-refractivity contribution is 7.91. The minimum atomic E-state index is -3.12. The van der Waals surface area contributed by atoms with Gasteiger partial charge in [0.05, 0.1) is 16.9 Å². The smallest absolute Gasteiger partial charge is 0.317 e. The van der Waals surface area contributed by atoms with Gasteiger partial charge < -0.3 is 14.5 Å². The highest BCUT2D eigenvalue weighted by Crippen LogP contribution is 2.37. The zero-order valence-electron chi connectivity index (χ0n) is 18.1. The third-order valence-corrected chi connectivity index (χ3v) is 8.17. The summed E-state index contributed by atoms with van der Waals surface area (Å²) in [6.07, 6.45) is 1.24. The standard InChI is InChI=1S/C22H30N2O6S/c1-3-24(19-9-14-31(28,29)16-19)20(26)15-30-21(27)22(18-7-5-4-6-8-18)10-12-23(13-11-22)17(2)25/h4-8,19H,3,9-16H2,1-2H3. The lowest BCUT2D eigenvalue weighted by molar-refractivity contribution is -0.160. The number of likely N-dealkylation sites (tertiary alicyclic amines) is 1. The van der Waals surface area contributed by atoms with E-state index in [-0.39, 0.29) is 29.4 Å². The van der Waals surface area contributed by atoms with E-state index in [1.807, 2.05) is 30.3 Å². The van der Waals surface area contributed by atoms with Crippen molar-refractivity contribution in [2.75, 3.05) is 37.7 Å². The topological polar surface area (TPSA) is 101 Å². The molecule has 1 aromatic carbocycles. The molecule has 0 spiro atoms. The molecule has 2 heterocycles. The zero-order valence-corrected chi connectivity index (χ0v) is 18.9. The Morgan fingerprint density at radius 3 is 2.32 bits per heavy atom. The monoisotopic (exact) mass is 450 g/mol. The summed E-state index contributed by atoms with van der Waals surface area (Å²) in [5.74, 6) is -0.872. The quantitative estimate of drug-likeness (QED) is 0.603. The highest BCUT2D eigenvalue weighted by Gasteiger charge is 2.45. The second-order valence-electron chi connectivity index (χ2n) is 8.27. The molecule has 0 aliphatic carbocycles. The first-order valence-corrected chi connectivity index (χ1v) is 12.5. The van der Waals surface area contributed by atoms with Crippen molar-refractivity contribution >= 4 is 27.6 Å². The first-order valence-electron chi connectivity index (χ1n) is 10.7. The van der Waals surface area contributed by atoms with Crippen LogP contribution in [0, 0.1) is 0 Å². The van der Waals surface area contributed by atoms with E-state index in [1.54, 1.807) is 11.8 Å². The largest absolute Gasteiger partial charge is 0.455 e. The number of hydrogen-bond acceptors (Lipinski definition) is 6. The minimum Gasteiger partial charge on any atom is -0.455 e. The Morgan fingerprint density at radius 1 is 1.16 bits per heavy atom. The van der Waals surface area contributed by atoms with Gasteiger partial charge in [0, 0.05) is 32.6 Å². The molecule has 2 saturated heterocycles. The molecule has 2 aliphatic heterocycles. The molecule has 0 radical (unpaired) electrons. The number of hydrogen-bond donors (Lipinski definition) is 0. The van der Waals surface area contributed by atoms with Gasteiger partial charge in [0.2, 0.25) is 5.91 Å². The summed E-state index contributed by atoms with van der Waals surface area (Å²) in [4.78, 5) is 40.9. The van der Waals surface area contributed by atoms with E-state index in [0.717, 1.165) is 5.56 Å². The van der Waals surface area contributed by atoms with E-state index in [4.69, 9.17) is 4.74 Å². The van der Waals surface area contributed by atoms with Crippen LogP contribution >= 0.6 is 0 Å². The van der Waals surface area contributed by atoms with Crippen LogP contribution in [0.1, 0.15) is 38.7 Å². The van der Waals surface area contributed by atoms with Gasteiger partial charge in [-0.05, 0) is 31.7 Å². The number of ether oxygens (including phenoxy) is 1. The molecule has 170 valence electrons. The van der Waals surface area contributed by atoms with Crippen LogP contribution in [-0.2, 0) is 34.4 Å². The van der Waals surface area contributed by atoms with Crippen molar-refractivity contribution in [1.29, 1.82) is 0 Å². The van der Waals surface area contributed by atoms with Gasteiger partial charge in [-0.3, -0.25) is 14.4 Å². The van der Waals surface area contributed by atoms with Crippen LogP contribution < -0.4 is 0 Å². The number of carbonyl (C=O) groups is 3. The lowest BCUT2D eigenvalue weighted by Gasteiger charge is -2.40. The SMILES string of the molecule is CCN(C(=O)COC(=O)C1(c2ccccc2)CCN(C(C)=O)CC1)C1CCS(=O)(=O)C1. The number of benzene rings is 1. The number of amides is 2. The van der Waals surface area contributed by atoms with Crippen LogP contribution in [0.3, 0.4) is 0 Å². The second kappa shape index (κ2) is 9.38. The van der Waals surface area contributed by atoms with E-state index >= 15 is 0 Å². The van der Waals surface area contributed by atoms with Crippen LogP contribution in [0.4, 0.5) is 0 Å². The Hall–Kier alpha value is -2.42. The predicted molar refractivity (Wildman–Crippen MR) is 115 cm³/mol. The van der Waals surface area contributed by atoms with Gasteiger partial charge in [0.15, 0.2) is 16.4 Å². The Morgan fingerprint density at radius 2 is 1.81 bits per heavy atom. The van der Waals surface area contributed by atoms with E-state index < -0.39 is 27.8 Å². The molecule has 0 N–H and O–H groups in total. The molecule has 1 unspecified atom stereocenters. The third kappa shape index (κ3) is 5.08. The van der Waals surface area contributed by atoms with E-state index in [9.17, 15) is 22.8 Å². The molecule has 1 aromatic rings. The van der Waals surface area contributed by atoms with Crippen molar-refractivity contribution in [3.05, 3.63) is 35.9 Å². The Labute approximate surface area is 183 Å². The van der Waals surface area contributed by atoms with Crippen molar-refractivity contribution in [2.45, 2.75) is 44.6 Å². The van der Waals surface area contributed by atoms with Gasteiger partial charge in [-0.1, -0.05) is 30.3 Å². The fraction of sp³-hybridized carbons (Fsp3) is 0.591. The summed E-state index contributed by atoms with van der Waals surface area (Å²) in [5, 5.41) is 0. The fourth-order valence-corrected chi connectivity index (χ4v) is 6.31. The van der Waals surface area contributed by atoms with Crippen LogP contribution in [0.15, 0.2) is 30.3 Å². The Balaban J connectivity index is 1.71. The number of sulfone groups is 1. The van der Waals surface area contributed by atoms with Gasteiger partial charge in [0.1, 0.15) is 0 Å². The minimum absolute atomic E-state index is 0.0321. The summed E-state index contributed by atoms with van der Waals surface area (Å²) >= 11 is 0. The van der Waals surface area contributed by atoms with Gasteiger partial charge in [-0.25, -0.2) is 8.42 Å². The lowest BCUT2D eigenvalue weighted by atomic mass is 9.72. The summed E-state index contributed by atoms with van der Waals surface area (Å²) in [5.41, 5.74) is -0.105. The summed E-state index contributed by atoms with van der Waals surface area (Å²) in [6, 6.07) is 8.94. The average molecular weight is 451 g/mol. The Bertz CT molecular complexity index is 923. The van der Waals surface area contributed by atoms with E-state index in [2.05, 4.69) is 0 Å². The van der Waals surface area contributed by atoms with Crippen LogP contribution in [0.5, 0.6) is 0 Å². The fourth-order valence-electron chi connectivity index (χ4n) is 4.58. The number of carbonyl (C=O) groups excluding carboxylic acids is 3. The highest BCUT2D eigenvalue weighted by atomic mass is 32.2. The average Bonchev–Trinajstić information content (AvgIpc) is 3.12. The molecular weight excluding hydrogens is 420 g/mol. The molecule has 9 heteroatoms. The number of piperidine rings is 1. The lowest BCUT2D eigenvalue weighted by Crippen LogP contribution is -2.50. The molecular formula is C22H30N2O6S. The number of nitrogens with zero attached hydrogens (tertiary/aromatic N) is 2. The number of rotatable bonds is 6. The van der Waals surface area contributed by atoms with Crippen LogP contribution in [-0.4, -0.2) is 79.8 Å². The van der Waals surface area contributed by atoms with E-state index in [1.165, 1.54) is 11.8 Å². The van der Waals surface area contributed by atoms with Gasteiger partial charge >= 0.3 is 5.97 Å². The molecule has 3 rings (SSSR count). The molecule has 0 bridgehead atoms. The number of likely N-dealkylation sites (N-methyl/N-ethyl adjacent to an activating group) is 1. The van der Waals surface area contributed by atoms with Gasteiger partial charge in [0.25, 0.3) is 5.91 Å². The normalized spacial score (nSPS) is 22.0. The Kier molecular flexibility index (Phi) is 7.03. The molecule has 2 amide bonds. The van der Waals surface area contributed by atoms with Gasteiger partial charge in [-0.2, -0.15) is 0 Å². The third-order valence-electron chi connectivity index (χ3n) is 6.42.